The van der Waals surface area contributed by atoms with E-state index in [1.54, 1.807) is 0 Å². The first-order valence-corrected chi connectivity index (χ1v) is 7.05. The lowest BCUT2D eigenvalue weighted by atomic mass is 9.76. The molecule has 1 aliphatic rings. The van der Waals surface area contributed by atoms with Crippen LogP contribution in [0.15, 0.2) is 48.5 Å². The smallest absolute Gasteiger partial charge is 0.127 e. The fraction of sp³-hybridized carbons (Fsp3) is 0.250. The largest absolute Gasteiger partial charge is 0.457 e. The van der Waals surface area contributed by atoms with Gasteiger partial charge in [-0.15, -0.1) is 0 Å². The molecule has 4 heteroatoms. The van der Waals surface area contributed by atoms with Gasteiger partial charge in [-0.3, -0.25) is 0 Å². The van der Waals surface area contributed by atoms with E-state index in [4.69, 9.17) is 21.5 Å². The molecule has 0 aromatic heterocycles. The molecule has 0 atom stereocenters. The van der Waals surface area contributed by atoms with E-state index in [0.29, 0.717) is 10.9 Å². The summed E-state index contributed by atoms with van der Waals surface area (Å²) in [6, 6.07) is 15.7. The Balaban J connectivity index is 1.70. The molecule has 1 saturated carbocycles. The Labute approximate surface area is 123 Å². The molecule has 0 spiro atoms. The molecule has 0 amide bonds. The highest BCUT2D eigenvalue weighted by atomic mass is 35.5. The summed E-state index contributed by atoms with van der Waals surface area (Å²) in [6.45, 7) is 0. The van der Waals surface area contributed by atoms with Crippen LogP contribution in [0.3, 0.4) is 0 Å². The highest BCUT2D eigenvalue weighted by Gasteiger charge is 2.29. The molecule has 0 bridgehead atoms. The molecule has 1 aliphatic carbocycles. The van der Waals surface area contributed by atoms with Crippen molar-refractivity contribution in [2.24, 2.45) is 0 Å². The van der Waals surface area contributed by atoms with Crippen LogP contribution in [0.1, 0.15) is 24.3 Å². The molecule has 2 aromatic carbocycles. The van der Waals surface area contributed by atoms with Crippen molar-refractivity contribution in [1.29, 1.82) is 0 Å². The zero-order valence-corrected chi connectivity index (χ0v) is 11.7. The van der Waals surface area contributed by atoms with E-state index >= 15 is 0 Å². The highest BCUT2D eigenvalue weighted by Crippen LogP contribution is 2.38. The standard InChI is InChI=1S/C16H16ClNO2/c17-13-4-6-15(7-5-13)20-16-3-1-2-11(10-16)12-8-14(9-12)18-19/h1-7,10,12,14,18-19H,8-9H2. The number of hydrogen-bond acceptors (Lipinski definition) is 3. The fourth-order valence-electron chi connectivity index (χ4n) is 2.47. The second-order valence-electron chi connectivity index (χ2n) is 5.12. The molecule has 3 rings (SSSR count). The van der Waals surface area contributed by atoms with Crippen molar-refractivity contribution in [2.75, 3.05) is 0 Å². The van der Waals surface area contributed by atoms with Gasteiger partial charge >= 0.3 is 0 Å². The third kappa shape index (κ3) is 2.96. The Hall–Kier alpha value is -1.55. The number of hydroxylamine groups is 1. The van der Waals surface area contributed by atoms with Gasteiger partial charge in [0.15, 0.2) is 0 Å². The Bertz CT molecular complexity index is 579. The summed E-state index contributed by atoms with van der Waals surface area (Å²) >= 11 is 5.85. The molecule has 2 aromatic rings. The van der Waals surface area contributed by atoms with Crippen molar-refractivity contribution >= 4 is 11.6 Å². The van der Waals surface area contributed by atoms with Gasteiger partial charge in [-0.1, -0.05) is 23.7 Å². The first-order chi connectivity index (χ1) is 9.74. The van der Waals surface area contributed by atoms with Crippen molar-refractivity contribution in [3.8, 4) is 11.5 Å². The molecule has 0 unspecified atom stereocenters. The Morgan fingerprint density at radius 1 is 1.05 bits per heavy atom. The summed E-state index contributed by atoms with van der Waals surface area (Å²) in [6.07, 6.45) is 1.92. The maximum Gasteiger partial charge on any atom is 0.127 e. The zero-order valence-electron chi connectivity index (χ0n) is 10.9. The van der Waals surface area contributed by atoms with E-state index < -0.39 is 0 Å². The summed E-state index contributed by atoms with van der Waals surface area (Å²) in [5, 5.41) is 9.53. The molecule has 0 aliphatic heterocycles. The fourth-order valence-corrected chi connectivity index (χ4v) is 2.59. The summed E-state index contributed by atoms with van der Waals surface area (Å²) in [5.41, 5.74) is 3.57. The molecular weight excluding hydrogens is 274 g/mol. The zero-order chi connectivity index (χ0) is 13.9. The minimum absolute atomic E-state index is 0.223. The lowest BCUT2D eigenvalue weighted by molar-refractivity contribution is 0.0782. The van der Waals surface area contributed by atoms with Gasteiger partial charge in [-0.25, -0.2) is 5.48 Å². The molecule has 0 radical (unpaired) electrons. The van der Waals surface area contributed by atoms with E-state index in [-0.39, 0.29) is 6.04 Å². The molecule has 3 nitrogen and oxygen atoms in total. The van der Waals surface area contributed by atoms with Gasteiger partial charge in [0.25, 0.3) is 0 Å². The van der Waals surface area contributed by atoms with Crippen LogP contribution in [0.4, 0.5) is 0 Å². The molecule has 0 saturated heterocycles. The second-order valence-corrected chi connectivity index (χ2v) is 5.56. The average molecular weight is 290 g/mol. The van der Waals surface area contributed by atoms with Gasteiger partial charge in [-0.2, -0.15) is 0 Å². The third-order valence-corrected chi connectivity index (χ3v) is 3.95. The normalized spacial score (nSPS) is 21.3. The predicted molar refractivity (Wildman–Crippen MR) is 78.7 cm³/mol. The number of halogens is 1. The first-order valence-electron chi connectivity index (χ1n) is 6.67. The topological polar surface area (TPSA) is 41.5 Å². The van der Waals surface area contributed by atoms with Crippen LogP contribution in [0, 0.1) is 0 Å². The average Bonchev–Trinajstić information content (AvgIpc) is 2.41. The van der Waals surface area contributed by atoms with E-state index in [1.807, 2.05) is 36.4 Å². The summed E-state index contributed by atoms with van der Waals surface area (Å²) in [4.78, 5) is 0. The van der Waals surface area contributed by atoms with E-state index in [9.17, 15) is 0 Å². The van der Waals surface area contributed by atoms with Crippen LogP contribution in [0.5, 0.6) is 11.5 Å². The minimum Gasteiger partial charge on any atom is -0.457 e. The van der Waals surface area contributed by atoms with Crippen molar-refractivity contribution < 1.29 is 9.94 Å². The third-order valence-electron chi connectivity index (χ3n) is 3.70. The first kappa shape index (κ1) is 13.4. The van der Waals surface area contributed by atoms with Gasteiger partial charge in [-0.05, 0) is 60.7 Å². The van der Waals surface area contributed by atoms with Crippen LogP contribution < -0.4 is 10.2 Å². The molecular formula is C16H16ClNO2. The maximum absolute atomic E-state index is 8.84. The van der Waals surface area contributed by atoms with Crippen LogP contribution in [0.25, 0.3) is 0 Å². The van der Waals surface area contributed by atoms with Gasteiger partial charge < -0.3 is 9.94 Å². The van der Waals surface area contributed by atoms with E-state index in [0.717, 1.165) is 24.3 Å². The number of ether oxygens (including phenoxy) is 1. The quantitative estimate of drug-likeness (QED) is 0.822. The number of benzene rings is 2. The summed E-state index contributed by atoms with van der Waals surface area (Å²) in [7, 11) is 0. The van der Waals surface area contributed by atoms with Gasteiger partial charge in [0, 0.05) is 11.1 Å². The highest BCUT2D eigenvalue weighted by molar-refractivity contribution is 6.30. The Kier molecular flexibility index (Phi) is 3.92. The Morgan fingerprint density at radius 2 is 1.80 bits per heavy atom. The van der Waals surface area contributed by atoms with Crippen LogP contribution in [-0.4, -0.2) is 11.2 Å². The molecule has 1 fully saturated rings. The number of rotatable bonds is 4. The minimum atomic E-state index is 0.223. The lowest BCUT2D eigenvalue weighted by Crippen LogP contribution is -2.38. The molecule has 20 heavy (non-hydrogen) atoms. The SMILES string of the molecule is ONC1CC(c2cccc(Oc3ccc(Cl)cc3)c2)C1. The van der Waals surface area contributed by atoms with Crippen molar-refractivity contribution in [3.05, 3.63) is 59.1 Å². The summed E-state index contributed by atoms with van der Waals surface area (Å²) < 4.78 is 5.82. The Morgan fingerprint density at radius 3 is 2.50 bits per heavy atom. The molecule has 2 N–H and O–H groups in total. The van der Waals surface area contributed by atoms with E-state index in [2.05, 4.69) is 17.6 Å². The number of nitrogens with one attached hydrogen (secondary N) is 1. The van der Waals surface area contributed by atoms with Gasteiger partial charge in [0.05, 0.1) is 0 Å². The maximum atomic E-state index is 8.84. The summed E-state index contributed by atoms with van der Waals surface area (Å²) in [5.74, 6) is 2.09. The van der Waals surface area contributed by atoms with Crippen molar-refractivity contribution in [3.63, 3.8) is 0 Å². The number of hydrogen-bond donors (Lipinski definition) is 2. The lowest BCUT2D eigenvalue weighted by Gasteiger charge is -2.34. The van der Waals surface area contributed by atoms with Crippen molar-refractivity contribution in [1.82, 2.24) is 5.48 Å². The van der Waals surface area contributed by atoms with Crippen molar-refractivity contribution in [2.45, 2.75) is 24.8 Å². The predicted octanol–water partition coefficient (Wildman–Crippen LogP) is 4.36. The molecule has 0 heterocycles. The van der Waals surface area contributed by atoms with Gasteiger partial charge in [0.2, 0.25) is 0 Å². The monoisotopic (exact) mass is 289 g/mol. The van der Waals surface area contributed by atoms with Crippen LogP contribution in [0.2, 0.25) is 5.02 Å². The van der Waals surface area contributed by atoms with E-state index in [1.165, 1.54) is 5.56 Å². The molecule has 104 valence electrons. The van der Waals surface area contributed by atoms with Crippen LogP contribution in [-0.2, 0) is 0 Å². The van der Waals surface area contributed by atoms with Crippen LogP contribution >= 0.6 is 11.6 Å². The second kappa shape index (κ2) is 5.83. The van der Waals surface area contributed by atoms with Gasteiger partial charge in [0.1, 0.15) is 11.5 Å².